The number of benzene rings is 1. The highest BCUT2D eigenvalue weighted by atomic mass is 19.4. The molecule has 1 N–H and O–H groups in total. The van der Waals surface area contributed by atoms with Crippen molar-refractivity contribution in [2.75, 3.05) is 19.7 Å². The first-order valence-electron chi connectivity index (χ1n) is 7.69. The van der Waals surface area contributed by atoms with Gasteiger partial charge in [-0.2, -0.15) is 0 Å². The molecule has 2 rings (SSSR count). The van der Waals surface area contributed by atoms with Crippen LogP contribution >= 0.6 is 0 Å². The Balaban J connectivity index is 1.93. The summed E-state index contributed by atoms with van der Waals surface area (Å²) in [4.78, 5) is 24.5. The molecular weight excluding hydrogens is 343 g/mol. The van der Waals surface area contributed by atoms with Gasteiger partial charge in [0.1, 0.15) is 5.75 Å². The monoisotopic (exact) mass is 361 g/mol. The molecule has 1 fully saturated rings. The van der Waals surface area contributed by atoms with E-state index in [1.807, 2.05) is 0 Å². The van der Waals surface area contributed by atoms with Crippen LogP contribution in [0.25, 0.3) is 0 Å². The highest BCUT2D eigenvalue weighted by Crippen LogP contribution is 2.27. The van der Waals surface area contributed by atoms with Crippen molar-refractivity contribution >= 4 is 11.9 Å². The number of rotatable bonds is 6. The Morgan fingerprint density at radius 3 is 2.72 bits per heavy atom. The minimum absolute atomic E-state index is 0.00196. The van der Waals surface area contributed by atoms with Crippen LogP contribution in [-0.2, 0) is 20.7 Å². The predicted octanol–water partition coefficient (Wildman–Crippen LogP) is 2.22. The lowest BCUT2D eigenvalue weighted by Gasteiger charge is -2.32. The minimum Gasteiger partial charge on any atom is -0.481 e. The van der Waals surface area contributed by atoms with Crippen molar-refractivity contribution in [1.82, 2.24) is 4.90 Å². The van der Waals surface area contributed by atoms with Gasteiger partial charge in [0.25, 0.3) is 0 Å². The molecule has 25 heavy (non-hydrogen) atoms. The summed E-state index contributed by atoms with van der Waals surface area (Å²) >= 11 is 0. The fourth-order valence-corrected chi connectivity index (χ4v) is 2.60. The second-order valence-corrected chi connectivity index (χ2v) is 5.59. The van der Waals surface area contributed by atoms with Crippen molar-refractivity contribution in [1.29, 1.82) is 0 Å². The molecule has 1 aliphatic rings. The van der Waals surface area contributed by atoms with Crippen molar-refractivity contribution in [2.45, 2.75) is 31.7 Å². The normalized spacial score (nSPS) is 18.0. The van der Waals surface area contributed by atoms with Gasteiger partial charge < -0.3 is 19.5 Å². The maximum Gasteiger partial charge on any atom is 0.573 e. The molecule has 138 valence electrons. The number of carbonyl (C=O) groups is 2. The number of nitrogens with zero attached hydrogens (tertiary/aromatic N) is 1. The van der Waals surface area contributed by atoms with E-state index >= 15 is 0 Å². The largest absolute Gasteiger partial charge is 0.573 e. The van der Waals surface area contributed by atoms with Gasteiger partial charge in [0.05, 0.1) is 19.1 Å². The van der Waals surface area contributed by atoms with Gasteiger partial charge in [-0.15, -0.1) is 13.2 Å². The highest BCUT2D eigenvalue weighted by molar-refractivity contribution is 5.77. The number of para-hydroxylation sites is 1. The van der Waals surface area contributed by atoms with Crippen molar-refractivity contribution in [3.05, 3.63) is 29.8 Å². The number of hydrogen-bond donors (Lipinski definition) is 1. The van der Waals surface area contributed by atoms with E-state index in [0.717, 1.165) is 0 Å². The minimum atomic E-state index is -4.80. The number of alkyl halides is 3. The van der Waals surface area contributed by atoms with Crippen LogP contribution < -0.4 is 4.74 Å². The van der Waals surface area contributed by atoms with Gasteiger partial charge in [0.2, 0.25) is 5.91 Å². The number of ether oxygens (including phenoxy) is 2. The van der Waals surface area contributed by atoms with E-state index in [4.69, 9.17) is 9.84 Å². The van der Waals surface area contributed by atoms with E-state index < -0.39 is 18.4 Å². The number of carboxylic acid groups (broad SMARTS) is 1. The summed E-state index contributed by atoms with van der Waals surface area (Å²) in [6, 6.07) is 5.66. The molecule has 6 nitrogen and oxygen atoms in total. The third kappa shape index (κ3) is 6.26. The second-order valence-electron chi connectivity index (χ2n) is 5.59. The maximum atomic E-state index is 12.4. The number of carbonyl (C=O) groups excluding carboxylic acids is 1. The molecule has 0 spiro atoms. The topological polar surface area (TPSA) is 76.1 Å². The molecule has 0 aliphatic carbocycles. The lowest BCUT2D eigenvalue weighted by molar-refractivity contribution is -0.274. The molecule has 0 bridgehead atoms. The maximum absolute atomic E-state index is 12.4. The van der Waals surface area contributed by atoms with Gasteiger partial charge in [0.15, 0.2) is 0 Å². The summed E-state index contributed by atoms with van der Waals surface area (Å²) in [5.41, 5.74) is 0.281. The lowest BCUT2D eigenvalue weighted by atomic mass is 10.1. The molecule has 0 saturated carbocycles. The highest BCUT2D eigenvalue weighted by Gasteiger charge is 2.32. The summed E-state index contributed by atoms with van der Waals surface area (Å²) < 4.78 is 46.4. The predicted molar refractivity (Wildman–Crippen MR) is 80.0 cm³/mol. The fourth-order valence-electron chi connectivity index (χ4n) is 2.60. The molecule has 1 heterocycles. The summed E-state index contributed by atoms with van der Waals surface area (Å²) in [7, 11) is 0. The van der Waals surface area contributed by atoms with Crippen molar-refractivity contribution in [3.63, 3.8) is 0 Å². The van der Waals surface area contributed by atoms with Crippen LogP contribution in [-0.4, -0.2) is 54.0 Å². The van der Waals surface area contributed by atoms with Crippen LogP contribution in [0.1, 0.15) is 18.4 Å². The Morgan fingerprint density at radius 2 is 2.04 bits per heavy atom. The number of aryl methyl sites for hydroxylation is 1. The second kappa shape index (κ2) is 8.19. The van der Waals surface area contributed by atoms with Crippen molar-refractivity contribution in [3.8, 4) is 5.75 Å². The first-order chi connectivity index (χ1) is 11.7. The molecule has 1 aliphatic heterocycles. The summed E-state index contributed by atoms with van der Waals surface area (Å²) in [5, 5.41) is 8.78. The molecule has 9 heteroatoms. The zero-order valence-corrected chi connectivity index (χ0v) is 13.3. The quantitative estimate of drug-likeness (QED) is 0.841. The van der Waals surface area contributed by atoms with E-state index in [-0.39, 0.29) is 49.6 Å². The molecule has 1 unspecified atom stereocenters. The molecule has 1 aromatic rings. The molecule has 0 radical (unpaired) electrons. The first-order valence-corrected chi connectivity index (χ1v) is 7.69. The van der Waals surface area contributed by atoms with Crippen LogP contribution in [0.15, 0.2) is 24.3 Å². The smallest absolute Gasteiger partial charge is 0.481 e. The Hall–Kier alpha value is -2.29. The molecule has 1 amide bonds. The summed E-state index contributed by atoms with van der Waals surface area (Å²) in [5.74, 6) is -1.61. The number of halogens is 3. The zero-order chi connectivity index (χ0) is 18.4. The van der Waals surface area contributed by atoms with E-state index in [1.165, 1.54) is 23.1 Å². The van der Waals surface area contributed by atoms with Crippen LogP contribution in [0.2, 0.25) is 0 Å². The SMILES string of the molecule is O=C(O)CC1CN(C(=O)CCc2ccccc2OC(F)(F)F)CCO1. The van der Waals surface area contributed by atoms with Gasteiger partial charge in [-0.3, -0.25) is 9.59 Å². The van der Waals surface area contributed by atoms with Crippen molar-refractivity contribution in [2.24, 2.45) is 0 Å². The van der Waals surface area contributed by atoms with Crippen LogP contribution in [0.5, 0.6) is 5.75 Å². The number of carboxylic acids is 1. The average molecular weight is 361 g/mol. The van der Waals surface area contributed by atoms with E-state index in [1.54, 1.807) is 6.07 Å². The Morgan fingerprint density at radius 1 is 1.32 bits per heavy atom. The van der Waals surface area contributed by atoms with Crippen LogP contribution in [0.4, 0.5) is 13.2 Å². The molecule has 1 aromatic carbocycles. The fraction of sp³-hybridized carbons (Fsp3) is 0.500. The lowest BCUT2D eigenvalue weighted by Crippen LogP contribution is -2.46. The Kier molecular flexibility index (Phi) is 6.24. The molecule has 0 aromatic heterocycles. The number of morpholine rings is 1. The van der Waals surface area contributed by atoms with E-state index in [9.17, 15) is 22.8 Å². The van der Waals surface area contributed by atoms with E-state index in [0.29, 0.717) is 6.54 Å². The molecule has 1 saturated heterocycles. The average Bonchev–Trinajstić information content (AvgIpc) is 2.52. The van der Waals surface area contributed by atoms with Crippen LogP contribution in [0.3, 0.4) is 0 Å². The number of aliphatic carboxylic acids is 1. The van der Waals surface area contributed by atoms with Gasteiger partial charge in [-0.25, -0.2) is 0 Å². The standard InChI is InChI=1S/C16H18F3NO5/c17-16(18,19)25-13-4-2-1-3-11(13)5-6-14(21)20-7-8-24-12(10-20)9-15(22)23/h1-4,12H,5-10H2,(H,22,23). The van der Waals surface area contributed by atoms with Crippen molar-refractivity contribution < 1.29 is 37.3 Å². The molecule has 1 atom stereocenters. The summed E-state index contributed by atoms with van der Waals surface area (Å²) in [6.45, 7) is 0.721. The summed E-state index contributed by atoms with van der Waals surface area (Å²) in [6.07, 6.45) is -5.49. The zero-order valence-electron chi connectivity index (χ0n) is 13.3. The first kappa shape index (κ1) is 19.0. The Bertz CT molecular complexity index is 620. The molecular formula is C16H18F3NO5. The van der Waals surface area contributed by atoms with Crippen LogP contribution in [0, 0.1) is 0 Å². The number of amides is 1. The third-order valence-electron chi connectivity index (χ3n) is 3.70. The van der Waals surface area contributed by atoms with Gasteiger partial charge in [-0.05, 0) is 18.1 Å². The van der Waals surface area contributed by atoms with Gasteiger partial charge in [0, 0.05) is 19.5 Å². The third-order valence-corrected chi connectivity index (χ3v) is 3.70. The number of hydrogen-bond acceptors (Lipinski definition) is 4. The van der Waals surface area contributed by atoms with Gasteiger partial charge >= 0.3 is 12.3 Å². The Labute approximate surface area is 142 Å². The van der Waals surface area contributed by atoms with E-state index in [2.05, 4.69) is 4.74 Å². The van der Waals surface area contributed by atoms with Gasteiger partial charge in [-0.1, -0.05) is 18.2 Å².